The van der Waals surface area contributed by atoms with Crippen LogP contribution < -0.4 is 10.6 Å². The Morgan fingerprint density at radius 2 is 1.24 bits per heavy atom. The predicted octanol–water partition coefficient (Wildman–Crippen LogP) is 11.0. The van der Waals surface area contributed by atoms with Crippen LogP contribution in [0.5, 0.6) is 0 Å². The number of halogens is 2. The van der Waals surface area contributed by atoms with Crippen LogP contribution in [-0.4, -0.2) is 11.8 Å². The number of amides is 2. The smallest absolute Gasteiger partial charge is 0.267 e. The topological polar surface area (TPSA) is 82.9 Å². The molecule has 2 heterocycles. The molecule has 2 amide bonds. The maximum atomic E-state index is 13.5. The summed E-state index contributed by atoms with van der Waals surface area (Å²) < 4.78 is 1.86. The Balaban J connectivity index is 1.33. The molecule has 0 spiro atoms. The normalized spacial score (nSPS) is 11.4. The lowest BCUT2D eigenvalue weighted by atomic mass is 10.2. The van der Waals surface area contributed by atoms with Crippen LogP contribution in [-0.2, 0) is 0 Å². The fourth-order valence-electron chi connectivity index (χ4n) is 4.41. The summed E-state index contributed by atoms with van der Waals surface area (Å²) in [6.45, 7) is 3.98. The summed E-state index contributed by atoms with van der Waals surface area (Å²) in [4.78, 5) is 27.5. The molecule has 4 aromatic carbocycles. The van der Waals surface area contributed by atoms with Gasteiger partial charge in [0.25, 0.3) is 11.8 Å². The van der Waals surface area contributed by atoms with E-state index in [-0.39, 0.29) is 11.8 Å². The number of hydrogen-bond acceptors (Lipinski definition) is 6. The van der Waals surface area contributed by atoms with Gasteiger partial charge in [0, 0.05) is 25.9 Å². The highest BCUT2D eigenvalue weighted by molar-refractivity contribution is 7.22. The average molecular weight is 630 g/mol. The first-order valence-corrected chi connectivity index (χ1v) is 15.3. The molecule has 6 rings (SSSR count). The fraction of sp³-hybridized carbons (Fsp3) is 0.0625. The number of nitrogens with zero attached hydrogens (tertiary/aromatic N) is 2. The van der Waals surface area contributed by atoms with E-state index >= 15 is 0 Å². The molecule has 0 aliphatic heterocycles. The Kier molecular flexibility index (Phi) is 7.79. The van der Waals surface area contributed by atoms with E-state index in [1.54, 1.807) is 18.2 Å². The van der Waals surface area contributed by atoms with Gasteiger partial charge in [-0.15, -0.1) is 27.8 Å². The lowest BCUT2D eigenvalue weighted by Crippen LogP contribution is -2.13. The molecule has 2 N–H and O–H groups in total. The number of carbonyl (C=O) groups excluding carboxylic acids is 2. The molecule has 10 heteroatoms. The zero-order valence-corrected chi connectivity index (χ0v) is 25.5. The van der Waals surface area contributed by atoms with Crippen molar-refractivity contribution in [2.24, 2.45) is 10.2 Å². The zero-order valence-electron chi connectivity index (χ0n) is 22.4. The minimum Gasteiger partial charge on any atom is -0.321 e. The SMILES string of the molecule is Cc1ccc2c(Cl)c(C(=O)Nc3ccc(N=Nc4ccccc4)c(NC(=O)c4sc5cc(C)ccc5c4Cl)c3)sc2c1. The second kappa shape index (κ2) is 11.7. The second-order valence-electron chi connectivity index (χ2n) is 9.67. The highest BCUT2D eigenvalue weighted by atomic mass is 35.5. The molecular weight excluding hydrogens is 607 g/mol. The van der Waals surface area contributed by atoms with Gasteiger partial charge in [0.15, 0.2) is 0 Å². The number of azo groups is 1. The van der Waals surface area contributed by atoms with Crippen molar-refractivity contribution in [1.82, 2.24) is 0 Å². The number of benzene rings is 4. The Labute approximate surface area is 259 Å². The maximum absolute atomic E-state index is 13.5. The van der Waals surface area contributed by atoms with Crippen molar-refractivity contribution >= 4 is 101 Å². The molecule has 2 aromatic heterocycles. The zero-order chi connectivity index (χ0) is 29.4. The Hall–Kier alpha value is -4.08. The van der Waals surface area contributed by atoms with Gasteiger partial charge in [-0.05, 0) is 67.4 Å². The molecule has 0 radical (unpaired) electrons. The van der Waals surface area contributed by atoms with Gasteiger partial charge in [0.1, 0.15) is 15.4 Å². The van der Waals surface area contributed by atoms with Crippen LogP contribution in [0.2, 0.25) is 10.0 Å². The number of fused-ring (bicyclic) bond motifs is 2. The summed E-state index contributed by atoms with van der Waals surface area (Å²) in [5.74, 6) is -0.737. The molecule has 0 aliphatic rings. The molecule has 0 aliphatic carbocycles. The van der Waals surface area contributed by atoms with E-state index in [9.17, 15) is 9.59 Å². The first-order chi connectivity index (χ1) is 20.3. The van der Waals surface area contributed by atoms with Crippen molar-refractivity contribution in [1.29, 1.82) is 0 Å². The third-order valence-electron chi connectivity index (χ3n) is 6.51. The van der Waals surface area contributed by atoms with E-state index in [1.807, 2.05) is 80.6 Å². The van der Waals surface area contributed by atoms with Crippen LogP contribution >= 0.6 is 45.9 Å². The van der Waals surface area contributed by atoms with E-state index in [1.165, 1.54) is 22.7 Å². The van der Waals surface area contributed by atoms with Crippen molar-refractivity contribution in [2.75, 3.05) is 10.6 Å². The summed E-state index contributed by atoms with van der Waals surface area (Å²) in [6, 6.07) is 26.1. The van der Waals surface area contributed by atoms with Crippen molar-refractivity contribution in [3.05, 3.63) is 116 Å². The van der Waals surface area contributed by atoms with Crippen LogP contribution in [0.15, 0.2) is 95.2 Å². The molecule has 208 valence electrons. The monoisotopic (exact) mass is 628 g/mol. The average Bonchev–Trinajstić information content (AvgIpc) is 3.48. The van der Waals surface area contributed by atoms with Gasteiger partial charge in [-0.2, -0.15) is 5.11 Å². The minimum absolute atomic E-state index is 0.349. The van der Waals surface area contributed by atoms with Gasteiger partial charge < -0.3 is 10.6 Å². The second-order valence-corrected chi connectivity index (χ2v) is 12.5. The number of nitrogens with one attached hydrogen (secondary N) is 2. The molecule has 0 unspecified atom stereocenters. The first-order valence-electron chi connectivity index (χ1n) is 12.9. The van der Waals surface area contributed by atoms with Gasteiger partial charge in [-0.3, -0.25) is 9.59 Å². The van der Waals surface area contributed by atoms with E-state index in [4.69, 9.17) is 23.2 Å². The van der Waals surface area contributed by atoms with E-state index < -0.39 is 0 Å². The number of hydrogen-bond donors (Lipinski definition) is 2. The minimum atomic E-state index is -0.388. The molecule has 42 heavy (non-hydrogen) atoms. The summed E-state index contributed by atoms with van der Waals surface area (Å²) in [7, 11) is 0. The highest BCUT2D eigenvalue weighted by Crippen LogP contribution is 2.39. The van der Waals surface area contributed by atoms with Crippen molar-refractivity contribution in [3.8, 4) is 0 Å². The number of thiophene rings is 2. The van der Waals surface area contributed by atoms with E-state index in [0.29, 0.717) is 42.5 Å². The summed E-state index contributed by atoms with van der Waals surface area (Å²) >= 11 is 15.8. The summed E-state index contributed by atoms with van der Waals surface area (Å²) in [6.07, 6.45) is 0. The van der Waals surface area contributed by atoms with Crippen LogP contribution in [0.1, 0.15) is 30.5 Å². The van der Waals surface area contributed by atoms with E-state index in [2.05, 4.69) is 20.9 Å². The molecular formula is C32H22Cl2N4O2S2. The van der Waals surface area contributed by atoms with Gasteiger partial charge in [0.05, 0.1) is 21.4 Å². The molecule has 0 saturated heterocycles. The third-order valence-corrected chi connectivity index (χ3v) is 9.83. The van der Waals surface area contributed by atoms with Crippen LogP contribution in [0, 0.1) is 13.8 Å². The summed E-state index contributed by atoms with van der Waals surface area (Å²) in [5.41, 5.74) is 4.05. The fourth-order valence-corrected chi connectivity index (χ4v) is 7.43. The van der Waals surface area contributed by atoms with Crippen LogP contribution in [0.3, 0.4) is 0 Å². The highest BCUT2D eigenvalue weighted by Gasteiger charge is 2.21. The van der Waals surface area contributed by atoms with Gasteiger partial charge in [-0.25, -0.2) is 0 Å². The standard InChI is InChI=1S/C32H22Cl2N4O2S2/c1-17-8-11-21-25(14-17)41-29(27(21)33)31(39)35-20-10-13-23(38-37-19-6-4-3-5-7-19)24(16-20)36-32(40)30-28(34)22-12-9-18(2)15-26(22)42-30/h3-16H,1-2H3,(H,35,39)(H,36,40). The molecule has 0 saturated carbocycles. The van der Waals surface area contributed by atoms with Crippen molar-refractivity contribution in [3.63, 3.8) is 0 Å². The van der Waals surface area contributed by atoms with Crippen molar-refractivity contribution in [2.45, 2.75) is 13.8 Å². The quantitative estimate of drug-likeness (QED) is 0.180. The van der Waals surface area contributed by atoms with Gasteiger partial charge in [-0.1, -0.05) is 65.7 Å². The number of aryl methyl sites for hydroxylation is 2. The molecule has 0 atom stereocenters. The van der Waals surface area contributed by atoms with Crippen LogP contribution in [0.25, 0.3) is 20.2 Å². The molecule has 0 bridgehead atoms. The van der Waals surface area contributed by atoms with Crippen LogP contribution in [0.4, 0.5) is 22.7 Å². The Morgan fingerprint density at radius 3 is 1.83 bits per heavy atom. The largest absolute Gasteiger partial charge is 0.321 e. The predicted molar refractivity (Wildman–Crippen MR) is 176 cm³/mol. The van der Waals surface area contributed by atoms with E-state index in [0.717, 1.165) is 31.3 Å². The lowest BCUT2D eigenvalue weighted by Gasteiger charge is -2.11. The van der Waals surface area contributed by atoms with Gasteiger partial charge >= 0.3 is 0 Å². The lowest BCUT2D eigenvalue weighted by molar-refractivity contribution is 0.102. The summed E-state index contributed by atoms with van der Waals surface area (Å²) in [5, 5.41) is 17.0. The number of carbonyl (C=O) groups is 2. The number of rotatable bonds is 6. The Bertz CT molecular complexity index is 2030. The molecule has 6 aromatic rings. The van der Waals surface area contributed by atoms with Gasteiger partial charge in [0.2, 0.25) is 0 Å². The molecule has 0 fully saturated rings. The first kappa shape index (κ1) is 28.1. The Morgan fingerprint density at radius 1 is 0.667 bits per heavy atom. The third kappa shape index (κ3) is 5.67. The number of anilines is 2. The van der Waals surface area contributed by atoms with Crippen molar-refractivity contribution < 1.29 is 9.59 Å². The molecule has 6 nitrogen and oxygen atoms in total. The maximum Gasteiger partial charge on any atom is 0.267 e.